The number of hydrogen-bond donors (Lipinski definition) is 30. The molecule has 0 saturated heterocycles. The zero-order valence-corrected chi connectivity index (χ0v) is 77.7. The first-order valence-corrected chi connectivity index (χ1v) is 45.8. The second-order valence-corrected chi connectivity index (χ2v) is 34.2. The van der Waals surface area contributed by atoms with E-state index in [1.807, 2.05) is 0 Å². The van der Waals surface area contributed by atoms with E-state index in [9.17, 15) is 107 Å². The van der Waals surface area contributed by atoms with E-state index in [0.29, 0.717) is 50.8 Å². The van der Waals surface area contributed by atoms with Gasteiger partial charge in [-0.15, -0.1) is 0 Å². The summed E-state index contributed by atoms with van der Waals surface area (Å²) in [4.78, 5) is 258. The number of aliphatic carboxylic acids is 4. The Bertz CT molecular complexity index is 3810. The molecule has 1 aromatic heterocycles. The zero-order valence-electron chi connectivity index (χ0n) is 77.7. The third-order valence-corrected chi connectivity index (χ3v) is 21.0. The van der Waals surface area contributed by atoms with Crippen LogP contribution in [-0.2, 0) is 92.7 Å². The standard InChI is InChI=1S/C84H153N27O22/c1-47(2)38-59(105-69(118)51(92)22-7-14-30-85)77(126)108-62(42-66(112)113)80(129)103-54(25-10-17-33-88)72(121)99-56(27-12-19-35-90)74(123)107-61(40-49(5)6)79(128)110-64(44-68(116)117)82(131)104-55(26-11-18-34-89)73(122)100-57(28-13-20-36-91)75(124)106-60(39-48(3)4)78(127)109-63(43-67(114)115)81(130)102-53(24-9-16-32-87)71(120)98-52(23-8-15-31-86)70(119)101-58(29-21-37-96-84(93)94)76(125)111-65(83(132)133)41-50-45-95-46-97-50/h45-49,51-65H,7-44,85-92H2,1-6H3,(H,95,97)(H,98,120)(H,99,121)(H,100,122)(H,101,119)(H,102,130)(H,103,129)(H,104,131)(H,105,118)(H,106,124)(H,107,123)(H,108,126)(H,109,127)(H,110,128)(H,111,125)(H,112,113)(H,114,115)(H,116,117)(H,132,133)(H4,93,94,96)/t51-,52-,53-,54-,55-,56-,57-,58-,59-,60-,61-,62-,63-,64-,65-/m0/s1. The third kappa shape index (κ3) is 51.5. The van der Waals surface area contributed by atoms with Crippen molar-refractivity contribution < 1.29 is 107 Å². The monoisotopic (exact) mass is 1890 g/mol. The van der Waals surface area contributed by atoms with Gasteiger partial charge in [0.05, 0.1) is 37.3 Å². The molecule has 39 N–H and O–H groups in total. The molecule has 1 rings (SSSR count). The van der Waals surface area contributed by atoms with Crippen LogP contribution in [0.2, 0.25) is 0 Å². The Hall–Kier alpha value is -11.4. The van der Waals surface area contributed by atoms with Crippen LogP contribution < -0.4 is 131 Å². The number of H-pyrrole nitrogens is 1. The molecule has 1 aromatic rings. The number of imidazole rings is 1. The molecule has 0 aliphatic heterocycles. The summed E-state index contributed by atoms with van der Waals surface area (Å²) in [5, 5.41) is 85.9. The van der Waals surface area contributed by atoms with Gasteiger partial charge < -0.3 is 157 Å². The van der Waals surface area contributed by atoms with Gasteiger partial charge in [0.2, 0.25) is 82.7 Å². The van der Waals surface area contributed by atoms with Crippen molar-refractivity contribution in [3.63, 3.8) is 0 Å². The van der Waals surface area contributed by atoms with Crippen molar-refractivity contribution in [3.05, 3.63) is 18.2 Å². The highest BCUT2D eigenvalue weighted by molar-refractivity contribution is 6.02. The molecule has 0 unspecified atom stereocenters. The fraction of sp³-hybridized carbons (Fsp3) is 0.738. The number of guanidine groups is 1. The third-order valence-electron chi connectivity index (χ3n) is 21.0. The Morgan fingerprint density at radius 3 is 0.737 bits per heavy atom. The highest BCUT2D eigenvalue weighted by Crippen LogP contribution is 2.17. The van der Waals surface area contributed by atoms with Crippen LogP contribution in [0.15, 0.2) is 12.5 Å². The van der Waals surface area contributed by atoms with Crippen LogP contribution in [0.25, 0.3) is 0 Å². The van der Waals surface area contributed by atoms with Crippen LogP contribution in [0.1, 0.15) is 233 Å². The lowest BCUT2D eigenvalue weighted by Gasteiger charge is -2.29. The van der Waals surface area contributed by atoms with Gasteiger partial charge in [-0.25, -0.2) is 9.78 Å². The van der Waals surface area contributed by atoms with Crippen LogP contribution >= 0.6 is 0 Å². The number of unbranched alkanes of at least 4 members (excludes halogenated alkanes) is 7. The maximum absolute atomic E-state index is 14.8. The molecule has 0 spiro atoms. The first kappa shape index (κ1) is 120. The number of carbonyl (C=O) groups excluding carboxylic acids is 14. The predicted octanol–water partition coefficient (Wildman–Crippen LogP) is -6.12. The molecule has 49 heteroatoms. The van der Waals surface area contributed by atoms with Crippen LogP contribution in [0, 0.1) is 23.2 Å². The van der Waals surface area contributed by atoms with Crippen molar-refractivity contribution >= 4 is 113 Å². The number of carbonyl (C=O) groups is 18. The SMILES string of the molecule is CC(C)C[C@H](NC(=O)[C@H](CCCCN)NC(=O)[C@H](CCCCN)NC(=O)[C@H](CC(=O)O)NC(=O)[C@H](CC(C)C)NC(=O)[C@H](CCCCN)NC(=O)[C@H](CCCCN)NC(=O)[C@H](CC(=O)O)NC(=O)[C@H](CC(C)C)NC(=O)[C@@H](N)CCCCN)C(=O)N[C@@H](CC(=O)O)C(=O)N[C@@H](CCCCN)C(=O)N[C@@H](CCCCN)C(=O)N[C@@H](CCCNC(=N)N)C(=O)N[C@@H](Cc1c[nH]cn1)C(=O)O. The molecule has 0 saturated carbocycles. The maximum atomic E-state index is 14.8. The van der Waals surface area contributed by atoms with E-state index in [1.54, 1.807) is 41.5 Å². The van der Waals surface area contributed by atoms with Gasteiger partial charge >= 0.3 is 23.9 Å². The molecule has 0 aromatic carbocycles. The Morgan fingerprint density at radius 2 is 0.519 bits per heavy atom. The van der Waals surface area contributed by atoms with Crippen molar-refractivity contribution in [2.45, 2.75) is 325 Å². The molecule has 49 nitrogen and oxygen atoms in total. The fourth-order valence-corrected chi connectivity index (χ4v) is 13.9. The molecule has 0 bridgehead atoms. The molecule has 15 atom stereocenters. The number of rotatable bonds is 75. The van der Waals surface area contributed by atoms with Gasteiger partial charge in [0.25, 0.3) is 0 Å². The van der Waals surface area contributed by atoms with Gasteiger partial charge in [-0.05, 0) is 224 Å². The van der Waals surface area contributed by atoms with Gasteiger partial charge in [0, 0.05) is 19.2 Å². The van der Waals surface area contributed by atoms with Crippen LogP contribution in [0.5, 0.6) is 0 Å². The molecular weight excluding hydrogens is 1740 g/mol. The maximum Gasteiger partial charge on any atom is 0.326 e. The second-order valence-electron chi connectivity index (χ2n) is 34.2. The minimum atomic E-state index is -2.00. The number of nitrogens with two attached hydrogens (primary N) is 9. The fourth-order valence-electron chi connectivity index (χ4n) is 13.9. The summed E-state index contributed by atoms with van der Waals surface area (Å²) >= 11 is 0. The summed E-state index contributed by atoms with van der Waals surface area (Å²) in [6.07, 6.45) is 2.23. The quantitative estimate of drug-likeness (QED) is 0.0164. The second kappa shape index (κ2) is 67.7. The van der Waals surface area contributed by atoms with E-state index in [4.69, 9.17) is 57.0 Å². The normalized spacial score (nSPS) is 14.7. The van der Waals surface area contributed by atoms with Crippen molar-refractivity contribution in [2.75, 3.05) is 52.4 Å². The zero-order chi connectivity index (χ0) is 100. The Kier molecular flexibility index (Phi) is 60.9. The predicted molar refractivity (Wildman–Crippen MR) is 490 cm³/mol. The van der Waals surface area contributed by atoms with Gasteiger partial charge in [0.1, 0.15) is 84.6 Å². The number of carboxylic acid groups (broad SMARTS) is 4. The Morgan fingerprint density at radius 1 is 0.308 bits per heavy atom. The van der Waals surface area contributed by atoms with Crippen LogP contribution in [-0.4, -0.2) is 286 Å². The first-order chi connectivity index (χ1) is 63.0. The molecule has 133 heavy (non-hydrogen) atoms. The van der Waals surface area contributed by atoms with Crippen molar-refractivity contribution in [3.8, 4) is 0 Å². The minimum Gasteiger partial charge on any atom is -0.481 e. The van der Waals surface area contributed by atoms with E-state index in [2.05, 4.69) is 89.7 Å². The Balaban J connectivity index is 3.82. The first-order valence-electron chi connectivity index (χ1n) is 45.8. The average molecular weight is 1890 g/mol. The molecular formula is C84H153N27O22. The molecule has 0 aliphatic rings. The van der Waals surface area contributed by atoms with Gasteiger partial charge in [0.15, 0.2) is 5.96 Å². The topological polar surface area (TPSA) is 855 Å². The number of carboxylic acids is 4. The number of hydrogen-bond acceptors (Lipinski definition) is 28. The molecule has 0 fully saturated rings. The molecule has 1 heterocycles. The lowest BCUT2D eigenvalue weighted by molar-refractivity contribution is -0.142. The highest BCUT2D eigenvalue weighted by atomic mass is 16.4. The van der Waals surface area contributed by atoms with Crippen molar-refractivity contribution in [2.24, 2.45) is 69.4 Å². The summed E-state index contributed by atoms with van der Waals surface area (Å²) in [5.41, 5.74) is 52.4. The summed E-state index contributed by atoms with van der Waals surface area (Å²) < 4.78 is 0. The number of nitrogens with zero attached hydrogens (tertiary/aromatic N) is 1. The van der Waals surface area contributed by atoms with Gasteiger partial charge in [-0.1, -0.05) is 48.0 Å². The van der Waals surface area contributed by atoms with Crippen molar-refractivity contribution in [1.82, 2.24) is 89.7 Å². The number of aromatic nitrogens is 2. The minimum absolute atomic E-state index is 0.0434. The van der Waals surface area contributed by atoms with E-state index in [1.165, 1.54) is 12.5 Å². The van der Waals surface area contributed by atoms with Crippen molar-refractivity contribution in [1.29, 1.82) is 5.41 Å². The summed E-state index contributed by atoms with van der Waals surface area (Å²) in [7, 11) is 0. The van der Waals surface area contributed by atoms with Crippen LogP contribution in [0.3, 0.4) is 0 Å². The van der Waals surface area contributed by atoms with Gasteiger partial charge in [-0.3, -0.25) is 86.9 Å². The summed E-state index contributed by atoms with van der Waals surface area (Å²) in [5.74, 6) is -21.9. The molecule has 14 amide bonds. The molecule has 756 valence electrons. The Labute approximate surface area is 775 Å². The van der Waals surface area contributed by atoms with E-state index in [0.717, 1.165) is 0 Å². The lowest BCUT2D eigenvalue weighted by Crippen LogP contribution is -2.61. The number of aromatic amines is 1. The highest BCUT2D eigenvalue weighted by Gasteiger charge is 2.40. The summed E-state index contributed by atoms with van der Waals surface area (Å²) in [6.45, 7) is 11.3. The van der Waals surface area contributed by atoms with E-state index in [-0.39, 0.29) is 187 Å². The number of nitrogens with one attached hydrogen (secondary N) is 17. The molecule has 0 aliphatic carbocycles. The van der Waals surface area contributed by atoms with E-state index >= 15 is 0 Å². The van der Waals surface area contributed by atoms with Gasteiger partial charge in [-0.2, -0.15) is 0 Å². The van der Waals surface area contributed by atoms with E-state index < -0.39 is 234 Å². The average Bonchev–Trinajstić information content (AvgIpc) is 1.30. The summed E-state index contributed by atoms with van der Waals surface area (Å²) in [6, 6.07) is -23.5. The largest absolute Gasteiger partial charge is 0.481 e. The smallest absolute Gasteiger partial charge is 0.326 e. The van der Waals surface area contributed by atoms with Crippen LogP contribution in [0.4, 0.5) is 0 Å². The molecule has 0 radical (unpaired) electrons. The number of amides is 14. The lowest BCUT2D eigenvalue weighted by atomic mass is 10.00.